The van der Waals surface area contributed by atoms with Gasteiger partial charge in [-0.15, -0.1) is 0 Å². The smallest absolute Gasteiger partial charge is 0.311 e. The van der Waals surface area contributed by atoms with E-state index in [0.29, 0.717) is 25.1 Å². The predicted molar refractivity (Wildman–Crippen MR) is 66.3 cm³/mol. The maximum atomic E-state index is 12.1. The number of carbonyl (C=O) groups is 3. The molecule has 2 saturated heterocycles. The molecule has 0 saturated carbocycles. The van der Waals surface area contributed by atoms with Crippen molar-refractivity contribution < 1.29 is 19.5 Å². The second-order valence-corrected chi connectivity index (χ2v) is 5.74. The molecule has 2 amide bonds. The molecule has 2 atom stereocenters. The van der Waals surface area contributed by atoms with Gasteiger partial charge in [-0.05, 0) is 12.8 Å². The number of nitrogens with zero attached hydrogens (tertiary/aromatic N) is 1. The third kappa shape index (κ3) is 2.19. The van der Waals surface area contributed by atoms with Gasteiger partial charge in [-0.1, -0.05) is 18.7 Å². The fraction of sp³-hybridized carbons (Fsp3) is 0.727. The van der Waals surface area contributed by atoms with E-state index in [1.165, 1.54) is 0 Å². The van der Waals surface area contributed by atoms with Crippen molar-refractivity contribution in [2.24, 2.45) is 5.41 Å². The molecule has 2 aliphatic heterocycles. The van der Waals surface area contributed by atoms with E-state index < -0.39 is 17.4 Å². The molecule has 0 radical (unpaired) electrons. The highest BCUT2D eigenvalue weighted by Gasteiger charge is 2.46. The standard InChI is InChI=1S/C11H16N2O4S/c1-2-11(9(15)16)3-4-13(6-11)8(14)7-5-18-10(17)12-7/h7H,2-6H2,1H3,(H,12,17)(H,15,16). The summed E-state index contributed by atoms with van der Waals surface area (Å²) in [7, 11) is 0. The molecule has 2 fully saturated rings. The van der Waals surface area contributed by atoms with E-state index in [0.717, 1.165) is 11.8 Å². The van der Waals surface area contributed by atoms with Crippen LogP contribution in [0.5, 0.6) is 0 Å². The van der Waals surface area contributed by atoms with Crippen molar-refractivity contribution in [1.29, 1.82) is 0 Å². The molecular weight excluding hydrogens is 256 g/mol. The summed E-state index contributed by atoms with van der Waals surface area (Å²) in [4.78, 5) is 36.0. The predicted octanol–water partition coefficient (Wildman–Crippen LogP) is 0.525. The summed E-state index contributed by atoms with van der Waals surface area (Å²) in [6.07, 6.45) is 0.996. The highest BCUT2D eigenvalue weighted by atomic mass is 32.2. The number of thioether (sulfide) groups is 1. The van der Waals surface area contributed by atoms with Gasteiger partial charge in [-0.25, -0.2) is 0 Å². The second kappa shape index (κ2) is 4.79. The van der Waals surface area contributed by atoms with Gasteiger partial charge in [0.1, 0.15) is 6.04 Å². The molecule has 2 unspecified atom stereocenters. The summed E-state index contributed by atoms with van der Waals surface area (Å²) in [6.45, 7) is 2.53. The van der Waals surface area contributed by atoms with Gasteiger partial charge in [0, 0.05) is 18.8 Å². The Balaban J connectivity index is 2.02. The Labute approximate surface area is 109 Å². The molecule has 2 aliphatic rings. The first kappa shape index (κ1) is 13.2. The zero-order valence-corrected chi connectivity index (χ0v) is 11.0. The molecule has 7 heteroatoms. The van der Waals surface area contributed by atoms with Crippen molar-refractivity contribution >= 4 is 28.9 Å². The van der Waals surface area contributed by atoms with Gasteiger partial charge in [0.2, 0.25) is 5.91 Å². The number of aliphatic carboxylic acids is 1. The number of likely N-dealkylation sites (tertiary alicyclic amines) is 1. The van der Waals surface area contributed by atoms with Gasteiger partial charge in [0.15, 0.2) is 0 Å². The molecule has 0 spiro atoms. The minimum Gasteiger partial charge on any atom is -0.481 e. The quantitative estimate of drug-likeness (QED) is 0.782. The van der Waals surface area contributed by atoms with E-state index in [-0.39, 0.29) is 17.7 Å². The molecule has 0 bridgehead atoms. The van der Waals surface area contributed by atoms with Crippen LogP contribution in [0.2, 0.25) is 0 Å². The normalized spacial score (nSPS) is 31.5. The van der Waals surface area contributed by atoms with Crippen LogP contribution < -0.4 is 5.32 Å². The SMILES string of the molecule is CCC1(C(=O)O)CCN(C(=O)C2CSC(=O)N2)C1. The average molecular weight is 272 g/mol. The van der Waals surface area contributed by atoms with Crippen molar-refractivity contribution in [1.82, 2.24) is 10.2 Å². The lowest BCUT2D eigenvalue weighted by Gasteiger charge is -2.24. The van der Waals surface area contributed by atoms with Crippen molar-refractivity contribution in [3.05, 3.63) is 0 Å². The molecular formula is C11H16N2O4S. The first-order chi connectivity index (χ1) is 8.48. The summed E-state index contributed by atoms with van der Waals surface area (Å²) >= 11 is 1.09. The Kier molecular flexibility index (Phi) is 3.52. The lowest BCUT2D eigenvalue weighted by atomic mass is 9.84. The van der Waals surface area contributed by atoms with Crippen molar-refractivity contribution in [3.8, 4) is 0 Å². The minimum absolute atomic E-state index is 0.162. The number of carbonyl (C=O) groups excluding carboxylic acids is 2. The molecule has 0 aromatic heterocycles. The fourth-order valence-electron chi connectivity index (χ4n) is 2.41. The molecule has 100 valence electrons. The van der Waals surface area contributed by atoms with Crippen LogP contribution in [-0.4, -0.2) is 52.0 Å². The summed E-state index contributed by atoms with van der Waals surface area (Å²) < 4.78 is 0. The van der Waals surface area contributed by atoms with E-state index in [2.05, 4.69) is 5.32 Å². The van der Waals surface area contributed by atoms with E-state index in [1.54, 1.807) is 4.90 Å². The van der Waals surface area contributed by atoms with Crippen molar-refractivity contribution in [3.63, 3.8) is 0 Å². The Bertz CT molecular complexity index is 401. The second-order valence-electron chi connectivity index (χ2n) is 4.74. The van der Waals surface area contributed by atoms with E-state index in [1.807, 2.05) is 6.92 Å². The topological polar surface area (TPSA) is 86.7 Å². The number of nitrogens with one attached hydrogen (secondary N) is 1. The van der Waals surface area contributed by atoms with Crippen LogP contribution in [0.1, 0.15) is 19.8 Å². The number of carboxylic acid groups (broad SMARTS) is 1. The number of carboxylic acids is 1. The maximum Gasteiger partial charge on any atom is 0.311 e. The van der Waals surface area contributed by atoms with Gasteiger partial charge in [-0.3, -0.25) is 14.4 Å². The maximum absolute atomic E-state index is 12.1. The van der Waals surface area contributed by atoms with E-state index in [4.69, 9.17) is 0 Å². The minimum atomic E-state index is -0.842. The zero-order chi connectivity index (χ0) is 13.3. The number of rotatable bonds is 3. The van der Waals surface area contributed by atoms with E-state index in [9.17, 15) is 19.5 Å². The van der Waals surface area contributed by atoms with Gasteiger partial charge in [-0.2, -0.15) is 0 Å². The highest BCUT2D eigenvalue weighted by Crippen LogP contribution is 2.34. The molecule has 0 aliphatic carbocycles. The molecule has 0 aromatic rings. The zero-order valence-electron chi connectivity index (χ0n) is 10.1. The number of amides is 2. The van der Waals surface area contributed by atoms with Crippen LogP contribution >= 0.6 is 11.8 Å². The number of hydrogen-bond acceptors (Lipinski definition) is 4. The molecule has 6 nitrogen and oxygen atoms in total. The van der Waals surface area contributed by atoms with Gasteiger partial charge >= 0.3 is 5.97 Å². The Morgan fingerprint density at radius 3 is 2.78 bits per heavy atom. The van der Waals surface area contributed by atoms with Crippen LogP contribution in [-0.2, 0) is 9.59 Å². The summed E-state index contributed by atoms with van der Waals surface area (Å²) in [5.74, 6) is -0.574. The Morgan fingerprint density at radius 2 is 2.33 bits per heavy atom. The largest absolute Gasteiger partial charge is 0.481 e. The van der Waals surface area contributed by atoms with Crippen LogP contribution in [0.4, 0.5) is 4.79 Å². The summed E-state index contributed by atoms with van der Waals surface area (Å²) in [5, 5.41) is 11.7. The van der Waals surface area contributed by atoms with Crippen LogP contribution in [0.3, 0.4) is 0 Å². The first-order valence-electron chi connectivity index (χ1n) is 5.94. The monoisotopic (exact) mass is 272 g/mol. The van der Waals surface area contributed by atoms with Crippen LogP contribution in [0.15, 0.2) is 0 Å². The third-order valence-electron chi connectivity index (χ3n) is 3.77. The van der Waals surface area contributed by atoms with Gasteiger partial charge < -0.3 is 15.3 Å². The van der Waals surface area contributed by atoms with Gasteiger partial charge in [0.25, 0.3) is 5.24 Å². The third-order valence-corrected chi connectivity index (χ3v) is 4.65. The Morgan fingerprint density at radius 1 is 1.61 bits per heavy atom. The Hall–Kier alpha value is -1.24. The summed E-state index contributed by atoms with van der Waals surface area (Å²) in [5.41, 5.74) is -0.814. The molecule has 2 rings (SSSR count). The van der Waals surface area contributed by atoms with Crippen molar-refractivity contribution in [2.75, 3.05) is 18.8 Å². The molecule has 2 N–H and O–H groups in total. The van der Waals surface area contributed by atoms with Crippen molar-refractivity contribution in [2.45, 2.75) is 25.8 Å². The molecule has 0 aromatic carbocycles. The van der Waals surface area contributed by atoms with Crippen LogP contribution in [0.25, 0.3) is 0 Å². The fourth-order valence-corrected chi connectivity index (χ4v) is 3.18. The number of hydrogen-bond donors (Lipinski definition) is 2. The highest BCUT2D eigenvalue weighted by molar-refractivity contribution is 8.14. The summed E-state index contributed by atoms with van der Waals surface area (Å²) in [6, 6.07) is -0.496. The lowest BCUT2D eigenvalue weighted by Crippen LogP contribution is -2.46. The lowest BCUT2D eigenvalue weighted by molar-refractivity contribution is -0.148. The van der Waals surface area contributed by atoms with E-state index >= 15 is 0 Å². The van der Waals surface area contributed by atoms with Gasteiger partial charge in [0.05, 0.1) is 5.41 Å². The first-order valence-corrected chi connectivity index (χ1v) is 6.92. The molecule has 2 heterocycles. The van der Waals surface area contributed by atoms with Crippen LogP contribution in [0, 0.1) is 5.41 Å². The average Bonchev–Trinajstić information content (AvgIpc) is 2.95. The molecule has 18 heavy (non-hydrogen) atoms.